The molecule has 0 saturated carbocycles. The van der Waals surface area contributed by atoms with Gasteiger partial charge in [0.15, 0.2) is 4.91 Å². The maximum atomic E-state index is 13.6. The predicted octanol–water partition coefficient (Wildman–Crippen LogP) is 4.09. The van der Waals surface area contributed by atoms with E-state index in [0.717, 1.165) is 12.8 Å². The fourth-order valence-electron chi connectivity index (χ4n) is 3.62. The highest BCUT2D eigenvalue weighted by Crippen LogP contribution is 2.42. The van der Waals surface area contributed by atoms with Gasteiger partial charge in [0.1, 0.15) is 0 Å². The summed E-state index contributed by atoms with van der Waals surface area (Å²) in [4.78, 5) is 13.0. The molecule has 0 aliphatic carbocycles. The third kappa shape index (κ3) is 3.98. The molecular formula is C23H26N2O3S. The van der Waals surface area contributed by atoms with Gasteiger partial charge in [-0.25, -0.2) is 8.42 Å². The Labute approximate surface area is 172 Å². The molecule has 2 aromatic rings. The van der Waals surface area contributed by atoms with Gasteiger partial charge in [0.25, 0.3) is 15.9 Å². The number of carbonyl (C=O) groups excluding carboxylic acids is 1. The van der Waals surface area contributed by atoms with Gasteiger partial charge in [-0.05, 0) is 25.0 Å². The van der Waals surface area contributed by atoms with E-state index in [2.05, 4.69) is 11.9 Å². The van der Waals surface area contributed by atoms with Crippen LogP contribution in [0, 0.1) is 0 Å². The topological polar surface area (TPSA) is 66.5 Å². The van der Waals surface area contributed by atoms with Gasteiger partial charge in [0.05, 0.1) is 12.2 Å². The molecular weight excluding hydrogens is 384 g/mol. The second kappa shape index (κ2) is 8.66. The first-order valence-electron chi connectivity index (χ1n) is 9.75. The van der Waals surface area contributed by atoms with Gasteiger partial charge in [0, 0.05) is 17.2 Å². The van der Waals surface area contributed by atoms with Gasteiger partial charge in [-0.3, -0.25) is 9.10 Å². The molecule has 1 N–H and O–H groups in total. The van der Waals surface area contributed by atoms with Crippen LogP contribution in [0.25, 0.3) is 5.57 Å². The fraction of sp³-hybridized carbons (Fsp3) is 0.261. The lowest BCUT2D eigenvalue weighted by atomic mass is 9.95. The zero-order valence-corrected chi connectivity index (χ0v) is 17.6. The van der Waals surface area contributed by atoms with Gasteiger partial charge in [-0.15, -0.1) is 6.58 Å². The number of para-hydroxylation sites is 1. The van der Waals surface area contributed by atoms with Crippen LogP contribution >= 0.6 is 0 Å². The van der Waals surface area contributed by atoms with E-state index in [-0.39, 0.29) is 17.5 Å². The Balaban J connectivity index is 2.30. The second-order valence-corrected chi connectivity index (χ2v) is 8.87. The Kier molecular flexibility index (Phi) is 6.23. The molecule has 152 valence electrons. The minimum atomic E-state index is -4.07. The number of hydrogen-bond acceptors (Lipinski definition) is 3. The molecule has 5 nitrogen and oxygen atoms in total. The quantitative estimate of drug-likeness (QED) is 0.699. The number of carbonyl (C=O) groups is 1. The van der Waals surface area contributed by atoms with Crippen molar-refractivity contribution in [2.75, 3.05) is 10.8 Å². The summed E-state index contributed by atoms with van der Waals surface area (Å²) in [6.45, 7) is 7.68. The molecule has 1 aliphatic heterocycles. The Morgan fingerprint density at radius 3 is 2.45 bits per heavy atom. The summed E-state index contributed by atoms with van der Waals surface area (Å²) in [5.74, 6) is -0.576. The number of nitrogens with zero attached hydrogens (tertiary/aromatic N) is 1. The van der Waals surface area contributed by atoms with Gasteiger partial charge >= 0.3 is 0 Å². The van der Waals surface area contributed by atoms with Gasteiger partial charge in [-0.2, -0.15) is 0 Å². The molecule has 0 bridgehead atoms. The average molecular weight is 411 g/mol. The zero-order valence-electron chi connectivity index (χ0n) is 16.8. The molecule has 2 aromatic carbocycles. The number of nitrogens with one attached hydrogen (secondary N) is 1. The maximum Gasteiger partial charge on any atom is 0.270 e. The average Bonchev–Trinajstić information content (AvgIpc) is 2.70. The Bertz CT molecular complexity index is 1040. The number of fused-ring (bicyclic) bond motifs is 1. The van der Waals surface area contributed by atoms with Crippen molar-refractivity contribution in [1.29, 1.82) is 0 Å². The van der Waals surface area contributed by atoms with Crippen molar-refractivity contribution in [1.82, 2.24) is 5.32 Å². The molecule has 1 amide bonds. The first-order chi connectivity index (χ1) is 13.9. The van der Waals surface area contributed by atoms with Crippen LogP contribution in [-0.2, 0) is 14.8 Å². The molecule has 1 heterocycles. The first-order valence-corrected chi connectivity index (χ1v) is 11.2. The zero-order chi connectivity index (χ0) is 21.0. The molecule has 0 fully saturated rings. The highest BCUT2D eigenvalue weighted by Gasteiger charge is 2.40. The minimum Gasteiger partial charge on any atom is -0.349 e. The molecule has 3 rings (SSSR count). The van der Waals surface area contributed by atoms with Crippen LogP contribution in [0.1, 0.15) is 37.8 Å². The fourth-order valence-corrected chi connectivity index (χ4v) is 5.34. The van der Waals surface area contributed by atoms with Crippen LogP contribution in [0.15, 0.2) is 72.2 Å². The largest absolute Gasteiger partial charge is 0.349 e. The van der Waals surface area contributed by atoms with Gasteiger partial charge in [0.2, 0.25) is 0 Å². The Morgan fingerprint density at radius 1 is 1.14 bits per heavy atom. The van der Waals surface area contributed by atoms with Crippen molar-refractivity contribution in [2.45, 2.75) is 32.7 Å². The van der Waals surface area contributed by atoms with Crippen molar-refractivity contribution < 1.29 is 13.2 Å². The number of rotatable bonds is 7. The van der Waals surface area contributed by atoms with E-state index >= 15 is 0 Å². The lowest BCUT2D eigenvalue weighted by Gasteiger charge is -2.33. The summed E-state index contributed by atoms with van der Waals surface area (Å²) < 4.78 is 28.4. The first kappa shape index (κ1) is 20.9. The molecule has 0 radical (unpaired) electrons. The highest BCUT2D eigenvalue weighted by atomic mass is 32.2. The van der Waals surface area contributed by atoms with E-state index in [4.69, 9.17) is 0 Å². The van der Waals surface area contributed by atoms with Gasteiger partial charge in [-0.1, -0.05) is 68.0 Å². The van der Waals surface area contributed by atoms with Crippen LogP contribution in [0.4, 0.5) is 5.69 Å². The summed E-state index contributed by atoms with van der Waals surface area (Å²) >= 11 is 0. The number of anilines is 1. The Morgan fingerprint density at radius 2 is 1.79 bits per heavy atom. The Hall–Kier alpha value is -2.86. The standard InChI is InChI=1S/C23H26N2O3S/c1-4-11-17(3)24-23(26)22-21(18-12-7-6-8-13-18)19-14-9-10-15-20(19)25(16-5-2)29(22,27)28/h5-10,12-15,17H,2,4,11,16H2,1,3H3,(H,24,26). The van der Waals surface area contributed by atoms with E-state index < -0.39 is 15.9 Å². The lowest BCUT2D eigenvalue weighted by Crippen LogP contribution is -2.43. The van der Waals surface area contributed by atoms with Crippen molar-refractivity contribution >= 4 is 27.2 Å². The normalized spacial score (nSPS) is 16.1. The third-order valence-electron chi connectivity index (χ3n) is 4.88. The third-order valence-corrected chi connectivity index (χ3v) is 6.71. The van der Waals surface area contributed by atoms with E-state index in [0.29, 0.717) is 22.4 Å². The molecule has 0 saturated heterocycles. The second-order valence-electron chi connectivity index (χ2n) is 7.08. The smallest absolute Gasteiger partial charge is 0.270 e. The van der Waals surface area contributed by atoms with Crippen LogP contribution in [0.5, 0.6) is 0 Å². The summed E-state index contributed by atoms with van der Waals surface area (Å²) in [5.41, 5.74) is 2.38. The van der Waals surface area contributed by atoms with E-state index in [1.807, 2.05) is 56.3 Å². The summed E-state index contributed by atoms with van der Waals surface area (Å²) in [6, 6.07) is 16.3. The molecule has 1 aliphatic rings. The molecule has 0 aromatic heterocycles. The minimum absolute atomic E-state index is 0.0860. The molecule has 6 heteroatoms. The highest BCUT2D eigenvalue weighted by molar-refractivity contribution is 7.97. The van der Waals surface area contributed by atoms with E-state index in [1.165, 1.54) is 10.4 Å². The summed E-state index contributed by atoms with van der Waals surface area (Å²) in [6.07, 6.45) is 3.19. The van der Waals surface area contributed by atoms with Crippen LogP contribution in [-0.4, -0.2) is 26.9 Å². The van der Waals surface area contributed by atoms with Crippen molar-refractivity contribution in [2.24, 2.45) is 0 Å². The summed E-state index contributed by atoms with van der Waals surface area (Å²) in [7, 11) is -4.07. The number of hydrogen-bond donors (Lipinski definition) is 1. The SMILES string of the molecule is C=CCN1c2ccccc2C(c2ccccc2)=C(C(=O)NC(C)CCC)S1(=O)=O. The van der Waals surface area contributed by atoms with Crippen molar-refractivity contribution in [3.8, 4) is 0 Å². The number of benzene rings is 2. The van der Waals surface area contributed by atoms with Crippen LogP contribution < -0.4 is 9.62 Å². The van der Waals surface area contributed by atoms with Crippen LogP contribution in [0.2, 0.25) is 0 Å². The maximum absolute atomic E-state index is 13.6. The van der Waals surface area contributed by atoms with Crippen molar-refractivity contribution in [3.63, 3.8) is 0 Å². The number of amides is 1. The number of sulfonamides is 1. The van der Waals surface area contributed by atoms with E-state index in [1.54, 1.807) is 12.1 Å². The van der Waals surface area contributed by atoms with Crippen LogP contribution in [0.3, 0.4) is 0 Å². The summed E-state index contributed by atoms with van der Waals surface area (Å²) in [5, 5.41) is 2.87. The molecule has 1 unspecified atom stereocenters. The molecule has 1 atom stereocenters. The van der Waals surface area contributed by atoms with Crippen molar-refractivity contribution in [3.05, 3.63) is 83.3 Å². The van der Waals surface area contributed by atoms with Gasteiger partial charge < -0.3 is 5.32 Å². The molecule has 0 spiro atoms. The van der Waals surface area contributed by atoms with E-state index in [9.17, 15) is 13.2 Å². The predicted molar refractivity (Wildman–Crippen MR) is 118 cm³/mol. The molecule has 29 heavy (non-hydrogen) atoms. The lowest BCUT2D eigenvalue weighted by molar-refractivity contribution is -0.117. The monoisotopic (exact) mass is 410 g/mol.